The van der Waals surface area contributed by atoms with Gasteiger partial charge in [0.15, 0.2) is 0 Å². The van der Waals surface area contributed by atoms with Crippen LogP contribution in [0.5, 0.6) is 0 Å². The van der Waals surface area contributed by atoms with E-state index in [4.69, 9.17) is 0 Å². The number of fused-ring (bicyclic) bond motifs is 3. The molecule has 9 heteroatoms. The van der Waals surface area contributed by atoms with Crippen molar-refractivity contribution in [1.82, 2.24) is 4.57 Å². The molecule has 0 bridgehead atoms. The normalized spacial score (nSPS) is 16.4. The van der Waals surface area contributed by atoms with Gasteiger partial charge in [-0.2, -0.15) is 0 Å². The number of nitrogens with zero attached hydrogens (tertiary/aromatic N) is 2. The zero-order valence-electron chi connectivity index (χ0n) is 13.7. The highest BCUT2D eigenvalue weighted by Gasteiger charge is 2.34. The van der Waals surface area contributed by atoms with Gasteiger partial charge >= 0.3 is 5.97 Å². The van der Waals surface area contributed by atoms with Crippen molar-refractivity contribution in [3.63, 3.8) is 0 Å². The lowest BCUT2D eigenvalue weighted by Crippen LogP contribution is -2.42. The van der Waals surface area contributed by atoms with Crippen LogP contribution in [0.4, 0.5) is 15.8 Å². The molecule has 2 aliphatic rings. The fourth-order valence-electron chi connectivity index (χ4n) is 3.32. The Balaban J connectivity index is 2.16. The van der Waals surface area contributed by atoms with E-state index in [-0.39, 0.29) is 34.9 Å². The number of hydrogen-bond acceptors (Lipinski definition) is 4. The smallest absolute Gasteiger partial charge is 0.341 e. The Morgan fingerprint density at radius 3 is 2.58 bits per heavy atom. The lowest BCUT2D eigenvalue weighted by molar-refractivity contribution is -0.120. The van der Waals surface area contributed by atoms with Gasteiger partial charge in [-0.3, -0.25) is 19.3 Å². The highest BCUT2D eigenvalue weighted by Crippen LogP contribution is 2.43. The summed E-state index contributed by atoms with van der Waals surface area (Å²) in [5.41, 5.74) is -1.15. The van der Waals surface area contributed by atoms with E-state index in [2.05, 4.69) is 5.32 Å². The Morgan fingerprint density at radius 2 is 2.00 bits per heavy atom. The number of nitrogens with one attached hydrogen (secondary N) is 1. The summed E-state index contributed by atoms with van der Waals surface area (Å²) in [6.45, 7) is 0.888. The van der Waals surface area contributed by atoms with Gasteiger partial charge in [-0.05, 0) is 18.9 Å². The maximum absolute atomic E-state index is 14.8. The number of carboxylic acid groups (broad SMARTS) is 1. The molecule has 0 unspecified atom stereocenters. The number of aromatic nitrogens is 1. The minimum Gasteiger partial charge on any atom is -0.477 e. The van der Waals surface area contributed by atoms with Gasteiger partial charge in [0.25, 0.3) is 0 Å². The van der Waals surface area contributed by atoms with Gasteiger partial charge < -0.3 is 15.0 Å². The third-order valence-corrected chi connectivity index (χ3v) is 4.63. The van der Waals surface area contributed by atoms with Crippen molar-refractivity contribution in [2.45, 2.75) is 25.8 Å². The first-order valence-electron chi connectivity index (χ1n) is 8.02. The molecule has 134 valence electrons. The molecule has 1 saturated carbocycles. The summed E-state index contributed by atoms with van der Waals surface area (Å²) < 4.78 is 16.3. The molecule has 1 fully saturated rings. The monoisotopic (exact) mass is 359 g/mol. The van der Waals surface area contributed by atoms with Crippen molar-refractivity contribution in [1.29, 1.82) is 0 Å². The van der Waals surface area contributed by atoms with E-state index in [0.717, 1.165) is 23.8 Å². The molecule has 4 rings (SSSR count). The molecule has 2 amide bonds. The summed E-state index contributed by atoms with van der Waals surface area (Å²) in [7, 11) is 0. The molecule has 0 atom stereocenters. The first kappa shape index (κ1) is 16.2. The number of pyridine rings is 1. The second kappa shape index (κ2) is 5.38. The number of anilines is 2. The maximum Gasteiger partial charge on any atom is 0.341 e. The molecule has 1 aliphatic heterocycles. The Kier molecular flexibility index (Phi) is 3.36. The summed E-state index contributed by atoms with van der Waals surface area (Å²) in [6.07, 6.45) is 2.77. The number of hydrogen-bond donors (Lipinski definition) is 2. The Morgan fingerprint density at radius 1 is 1.31 bits per heavy atom. The summed E-state index contributed by atoms with van der Waals surface area (Å²) in [5.74, 6) is -3.30. The highest BCUT2D eigenvalue weighted by atomic mass is 19.1. The predicted molar refractivity (Wildman–Crippen MR) is 90.1 cm³/mol. The van der Waals surface area contributed by atoms with Crippen LogP contribution in [-0.2, 0) is 9.59 Å². The third kappa shape index (κ3) is 2.27. The Bertz CT molecular complexity index is 1070. The van der Waals surface area contributed by atoms with Crippen LogP contribution in [0.3, 0.4) is 0 Å². The number of amides is 2. The van der Waals surface area contributed by atoms with E-state index < -0.39 is 34.6 Å². The molecule has 0 spiro atoms. The lowest BCUT2D eigenvalue weighted by Gasteiger charge is -2.30. The topological polar surface area (TPSA) is 109 Å². The zero-order chi connectivity index (χ0) is 18.7. The average molecular weight is 359 g/mol. The van der Waals surface area contributed by atoms with Gasteiger partial charge in [0.2, 0.25) is 17.2 Å². The van der Waals surface area contributed by atoms with E-state index in [1.165, 1.54) is 13.1 Å². The van der Waals surface area contributed by atoms with Crippen LogP contribution < -0.4 is 15.6 Å². The summed E-state index contributed by atoms with van der Waals surface area (Å²) >= 11 is 0. The number of aromatic carboxylic acids is 1. The van der Waals surface area contributed by atoms with Crippen LogP contribution in [-0.4, -0.2) is 34.0 Å². The van der Waals surface area contributed by atoms with Crippen LogP contribution in [0, 0.1) is 5.82 Å². The number of carbonyl (C=O) groups excluding carboxylic acids is 2. The van der Waals surface area contributed by atoms with Crippen molar-refractivity contribution in [2.75, 3.05) is 16.8 Å². The van der Waals surface area contributed by atoms with Crippen molar-refractivity contribution in [2.24, 2.45) is 0 Å². The number of halogens is 1. The van der Waals surface area contributed by atoms with Crippen LogP contribution in [0.25, 0.3) is 10.9 Å². The number of carboxylic acids is 1. The minimum absolute atomic E-state index is 0.0207. The van der Waals surface area contributed by atoms with Crippen molar-refractivity contribution in [3.8, 4) is 0 Å². The number of rotatable bonds is 2. The van der Waals surface area contributed by atoms with E-state index >= 15 is 0 Å². The highest BCUT2D eigenvalue weighted by molar-refractivity contribution is 6.15. The Hall–Kier alpha value is -3.23. The summed E-state index contributed by atoms with van der Waals surface area (Å²) in [6, 6.07) is 0.894. The molecular weight excluding hydrogens is 345 g/mol. The van der Waals surface area contributed by atoms with Gasteiger partial charge in [-0.15, -0.1) is 0 Å². The van der Waals surface area contributed by atoms with Crippen molar-refractivity contribution >= 4 is 40.1 Å². The zero-order valence-corrected chi connectivity index (χ0v) is 13.7. The lowest BCUT2D eigenvalue weighted by atomic mass is 10.1. The number of carbonyl (C=O) groups is 3. The first-order chi connectivity index (χ1) is 12.3. The maximum atomic E-state index is 14.8. The molecular formula is C17H14FN3O5. The molecule has 1 aromatic carbocycles. The van der Waals surface area contributed by atoms with Crippen molar-refractivity contribution in [3.05, 3.63) is 33.9 Å². The minimum atomic E-state index is -1.40. The van der Waals surface area contributed by atoms with Crippen LogP contribution in [0.1, 0.15) is 36.2 Å². The molecule has 1 aliphatic carbocycles. The standard InChI is InChI=1S/C17H14FN3O5/c1-7(22)20-6-12(23)19-13-14-9(4-11(18)15(13)20)16(24)10(17(25)26)5-21(14)8-2-3-8/h4-5,8H,2-3,6H2,1H3,(H,19,23)(H,25,26). The van der Waals surface area contributed by atoms with Crippen LogP contribution in [0.15, 0.2) is 17.1 Å². The molecule has 26 heavy (non-hydrogen) atoms. The number of benzene rings is 1. The van der Waals surface area contributed by atoms with Gasteiger partial charge in [0.05, 0.1) is 16.6 Å². The Labute approximate surface area is 145 Å². The second-order valence-corrected chi connectivity index (χ2v) is 6.45. The average Bonchev–Trinajstić information content (AvgIpc) is 3.39. The van der Waals surface area contributed by atoms with E-state index in [1.807, 2.05) is 0 Å². The van der Waals surface area contributed by atoms with Gasteiger partial charge in [-0.1, -0.05) is 0 Å². The molecule has 2 heterocycles. The van der Waals surface area contributed by atoms with Crippen LogP contribution in [0.2, 0.25) is 0 Å². The predicted octanol–water partition coefficient (Wildman–Crippen LogP) is 1.48. The fraction of sp³-hybridized carbons (Fsp3) is 0.294. The van der Waals surface area contributed by atoms with Gasteiger partial charge in [-0.25, -0.2) is 9.18 Å². The largest absolute Gasteiger partial charge is 0.477 e. The van der Waals surface area contributed by atoms with Gasteiger partial charge in [0.1, 0.15) is 23.6 Å². The molecule has 0 saturated heterocycles. The fourth-order valence-corrected chi connectivity index (χ4v) is 3.32. The first-order valence-corrected chi connectivity index (χ1v) is 8.02. The molecule has 8 nitrogen and oxygen atoms in total. The molecule has 2 N–H and O–H groups in total. The quantitative estimate of drug-likeness (QED) is 0.844. The van der Waals surface area contributed by atoms with E-state index in [9.17, 15) is 28.7 Å². The summed E-state index contributed by atoms with van der Waals surface area (Å²) in [5, 5.41) is 11.7. The SMILES string of the molecule is CC(=O)N1CC(=O)Nc2c1c(F)cc1c(=O)c(C(=O)O)cn(C3CC3)c21. The molecule has 1 aromatic heterocycles. The van der Waals surface area contributed by atoms with Crippen molar-refractivity contribution < 1.29 is 23.9 Å². The molecule has 0 radical (unpaired) electrons. The second-order valence-electron chi connectivity index (χ2n) is 6.45. The summed E-state index contributed by atoms with van der Waals surface area (Å²) in [4.78, 5) is 48.9. The third-order valence-electron chi connectivity index (χ3n) is 4.63. The molecule has 2 aromatic rings. The van der Waals surface area contributed by atoms with E-state index in [0.29, 0.717) is 0 Å². The van der Waals surface area contributed by atoms with Gasteiger partial charge in [0, 0.05) is 19.2 Å². The van der Waals surface area contributed by atoms with E-state index in [1.54, 1.807) is 4.57 Å². The van der Waals surface area contributed by atoms with Crippen LogP contribution >= 0.6 is 0 Å².